The lowest BCUT2D eigenvalue weighted by molar-refractivity contribution is 0.457. The minimum Gasteiger partial charge on any atom is -0.494 e. The Balaban J connectivity index is 1.47. The van der Waals surface area contributed by atoms with E-state index in [9.17, 15) is 9.90 Å². The van der Waals surface area contributed by atoms with Crippen molar-refractivity contribution in [3.8, 4) is 22.7 Å². The summed E-state index contributed by atoms with van der Waals surface area (Å²) in [6, 6.07) is 13.0. The van der Waals surface area contributed by atoms with Crippen LogP contribution in [-0.4, -0.2) is 31.1 Å². The number of aliphatic imine (C=N–C) groups is 1. The number of H-pyrrole nitrogens is 2. The summed E-state index contributed by atoms with van der Waals surface area (Å²) in [5.74, 6) is 0.0286. The number of aromatic nitrogens is 4. The van der Waals surface area contributed by atoms with Crippen molar-refractivity contribution in [1.29, 1.82) is 0 Å². The number of aromatic hydroxyl groups is 1. The summed E-state index contributed by atoms with van der Waals surface area (Å²) in [5.41, 5.74) is 5.52. The number of thiophene rings is 1. The Morgan fingerprint density at radius 2 is 2.00 bits per heavy atom. The molecule has 8 heteroatoms. The summed E-state index contributed by atoms with van der Waals surface area (Å²) in [4.78, 5) is 23.3. The third-order valence-corrected chi connectivity index (χ3v) is 5.57. The lowest BCUT2D eigenvalue weighted by Gasteiger charge is -2.05. The normalized spacial score (nSPS) is 11.6. The maximum Gasteiger partial charge on any atom is 0.264 e. The Hall–Kier alpha value is -3.91. The lowest BCUT2D eigenvalue weighted by Crippen LogP contribution is -2.03. The van der Waals surface area contributed by atoms with Crippen molar-refractivity contribution < 1.29 is 5.11 Å². The van der Waals surface area contributed by atoms with Gasteiger partial charge in [0, 0.05) is 35.1 Å². The summed E-state index contributed by atoms with van der Waals surface area (Å²) in [5, 5.41) is 18.0. The Morgan fingerprint density at radius 1 is 1.17 bits per heavy atom. The van der Waals surface area contributed by atoms with E-state index in [0.29, 0.717) is 11.2 Å². The van der Waals surface area contributed by atoms with Crippen LogP contribution < -0.4 is 5.56 Å². The maximum absolute atomic E-state index is 11.5. The van der Waals surface area contributed by atoms with E-state index >= 15 is 0 Å². The number of hydrogen-bond acceptors (Lipinski definition) is 5. The molecule has 0 atom stereocenters. The number of nitrogens with zero attached hydrogens (tertiary/aromatic N) is 3. The third kappa shape index (κ3) is 3.23. The second-order valence-corrected chi connectivity index (χ2v) is 7.67. The second kappa shape index (κ2) is 7.16. The van der Waals surface area contributed by atoms with Gasteiger partial charge in [-0.3, -0.25) is 19.6 Å². The molecule has 0 amide bonds. The SMILES string of the molecule is Cc1cc(=O)[nH]n1-c1ccc(N=Cc2c(O)[nH]c3ncc(-c4ccsc4)cc23)cc1. The van der Waals surface area contributed by atoms with Crippen molar-refractivity contribution in [2.24, 2.45) is 4.99 Å². The number of aromatic amines is 2. The van der Waals surface area contributed by atoms with Crippen molar-refractivity contribution in [3.05, 3.63) is 81.0 Å². The molecule has 148 valence electrons. The molecule has 3 N–H and O–H groups in total. The number of nitrogens with one attached hydrogen (secondary N) is 2. The Morgan fingerprint density at radius 3 is 2.70 bits per heavy atom. The quantitative estimate of drug-likeness (QED) is 0.376. The lowest BCUT2D eigenvalue weighted by atomic mass is 10.1. The van der Waals surface area contributed by atoms with Gasteiger partial charge < -0.3 is 10.1 Å². The van der Waals surface area contributed by atoms with Crippen LogP contribution in [0.25, 0.3) is 27.8 Å². The predicted molar refractivity (Wildman–Crippen MR) is 119 cm³/mol. The summed E-state index contributed by atoms with van der Waals surface area (Å²) >= 11 is 1.63. The Kier molecular flexibility index (Phi) is 4.33. The van der Waals surface area contributed by atoms with Gasteiger partial charge in [-0.1, -0.05) is 0 Å². The number of pyridine rings is 1. The minimum atomic E-state index is -0.139. The molecule has 0 fully saturated rings. The third-order valence-electron chi connectivity index (χ3n) is 4.89. The Bertz CT molecular complexity index is 1420. The molecule has 0 aliphatic carbocycles. The number of aryl methyl sites for hydroxylation is 1. The van der Waals surface area contributed by atoms with Crippen molar-refractivity contribution in [3.63, 3.8) is 0 Å². The largest absolute Gasteiger partial charge is 0.494 e. The van der Waals surface area contributed by atoms with Crippen LogP contribution in [0.15, 0.2) is 69.2 Å². The summed E-state index contributed by atoms with van der Waals surface area (Å²) < 4.78 is 1.72. The molecular formula is C22H17N5O2S. The van der Waals surface area contributed by atoms with Gasteiger partial charge in [0.1, 0.15) is 5.65 Å². The van der Waals surface area contributed by atoms with Crippen LogP contribution in [0.3, 0.4) is 0 Å². The van der Waals surface area contributed by atoms with Crippen LogP contribution in [0.4, 0.5) is 5.69 Å². The van der Waals surface area contributed by atoms with E-state index in [1.807, 2.05) is 48.7 Å². The second-order valence-electron chi connectivity index (χ2n) is 6.89. The highest BCUT2D eigenvalue weighted by Gasteiger charge is 2.12. The van der Waals surface area contributed by atoms with Crippen molar-refractivity contribution >= 4 is 34.3 Å². The first-order chi connectivity index (χ1) is 14.6. The Labute approximate surface area is 175 Å². The van der Waals surface area contributed by atoms with Crippen LogP contribution in [-0.2, 0) is 0 Å². The molecular weight excluding hydrogens is 398 g/mol. The molecule has 30 heavy (non-hydrogen) atoms. The summed E-state index contributed by atoms with van der Waals surface area (Å²) in [6.07, 6.45) is 3.42. The summed E-state index contributed by atoms with van der Waals surface area (Å²) in [6.45, 7) is 1.86. The molecule has 5 aromatic rings. The van der Waals surface area contributed by atoms with E-state index < -0.39 is 0 Å². The van der Waals surface area contributed by atoms with E-state index in [1.54, 1.807) is 34.5 Å². The van der Waals surface area contributed by atoms with E-state index in [1.165, 1.54) is 0 Å². The first-order valence-corrected chi connectivity index (χ1v) is 10.2. The van der Waals surface area contributed by atoms with Crippen LogP contribution >= 0.6 is 11.3 Å². The van der Waals surface area contributed by atoms with Crippen LogP contribution in [0.2, 0.25) is 0 Å². The molecule has 0 aliphatic heterocycles. The van der Waals surface area contributed by atoms with E-state index in [2.05, 4.69) is 25.4 Å². The van der Waals surface area contributed by atoms with E-state index in [-0.39, 0.29) is 11.4 Å². The molecule has 0 radical (unpaired) electrons. The van der Waals surface area contributed by atoms with Gasteiger partial charge in [-0.05, 0) is 59.6 Å². The highest BCUT2D eigenvalue weighted by Crippen LogP contribution is 2.30. The van der Waals surface area contributed by atoms with Crippen LogP contribution in [0.1, 0.15) is 11.3 Å². The van der Waals surface area contributed by atoms with Gasteiger partial charge in [0.25, 0.3) is 5.56 Å². The molecule has 0 spiro atoms. The van der Waals surface area contributed by atoms with E-state index in [0.717, 1.165) is 33.6 Å². The van der Waals surface area contributed by atoms with Gasteiger partial charge in [0.05, 0.1) is 16.9 Å². The monoisotopic (exact) mass is 415 g/mol. The van der Waals surface area contributed by atoms with Gasteiger partial charge >= 0.3 is 0 Å². The fourth-order valence-electron chi connectivity index (χ4n) is 3.37. The number of benzene rings is 1. The highest BCUT2D eigenvalue weighted by molar-refractivity contribution is 7.08. The number of fused-ring (bicyclic) bond motifs is 1. The number of hydrogen-bond donors (Lipinski definition) is 3. The topological polar surface area (TPSA) is 99.1 Å². The first-order valence-electron chi connectivity index (χ1n) is 9.25. The average Bonchev–Trinajstić information content (AvgIpc) is 3.45. The average molecular weight is 415 g/mol. The van der Waals surface area contributed by atoms with Gasteiger partial charge in [-0.2, -0.15) is 11.3 Å². The van der Waals surface area contributed by atoms with Gasteiger partial charge in [-0.15, -0.1) is 0 Å². The van der Waals surface area contributed by atoms with Gasteiger partial charge in [0.15, 0.2) is 5.88 Å². The zero-order chi connectivity index (χ0) is 20.7. The van der Waals surface area contributed by atoms with E-state index in [4.69, 9.17) is 0 Å². The first kappa shape index (κ1) is 18.1. The number of rotatable bonds is 4. The van der Waals surface area contributed by atoms with Gasteiger partial charge in [-0.25, -0.2) is 4.98 Å². The molecule has 0 bridgehead atoms. The smallest absolute Gasteiger partial charge is 0.264 e. The highest BCUT2D eigenvalue weighted by atomic mass is 32.1. The zero-order valence-electron chi connectivity index (χ0n) is 16.0. The molecule has 0 saturated carbocycles. The molecule has 0 saturated heterocycles. The van der Waals surface area contributed by atoms with Crippen molar-refractivity contribution in [1.82, 2.24) is 19.7 Å². The molecule has 0 unspecified atom stereocenters. The van der Waals surface area contributed by atoms with Crippen molar-refractivity contribution in [2.75, 3.05) is 0 Å². The van der Waals surface area contributed by atoms with Crippen molar-refractivity contribution in [2.45, 2.75) is 6.92 Å². The standard InChI is InChI=1S/C22H17N5O2S/c1-13-8-20(28)26-27(13)17-4-2-16(3-5-17)23-11-19-18-9-15(14-6-7-30-12-14)10-24-21(18)25-22(19)29/h2-12,29H,1H3,(H,24,25)(H,26,28). The predicted octanol–water partition coefficient (Wildman–Crippen LogP) is 4.54. The van der Waals surface area contributed by atoms with Crippen LogP contribution in [0.5, 0.6) is 5.88 Å². The fraction of sp³-hybridized carbons (Fsp3) is 0.0455. The molecule has 5 rings (SSSR count). The van der Waals surface area contributed by atoms with Crippen LogP contribution in [0, 0.1) is 6.92 Å². The molecule has 0 aliphatic rings. The van der Waals surface area contributed by atoms with Gasteiger partial charge in [0.2, 0.25) is 0 Å². The molecule has 1 aromatic carbocycles. The fourth-order valence-corrected chi connectivity index (χ4v) is 4.04. The maximum atomic E-state index is 11.5. The zero-order valence-corrected chi connectivity index (χ0v) is 16.8. The molecule has 7 nitrogen and oxygen atoms in total. The minimum absolute atomic E-state index is 0.0286. The molecule has 4 aromatic heterocycles. The molecule has 4 heterocycles. The summed E-state index contributed by atoms with van der Waals surface area (Å²) in [7, 11) is 0.